The van der Waals surface area contributed by atoms with Crippen LogP contribution in [0, 0.1) is 0 Å². The zero-order valence-electron chi connectivity index (χ0n) is 40.7. The fourth-order valence-electron chi connectivity index (χ4n) is 7.53. The van der Waals surface area contributed by atoms with Gasteiger partial charge in [-0.1, -0.05) is 205 Å². The number of carbonyl (C=O) groups excluding carboxylic acids is 3. The number of allylic oxidation sites excluding steroid dienone is 6. The van der Waals surface area contributed by atoms with Crippen LogP contribution >= 0.6 is 0 Å². The average molecular weight is 857 g/mol. The van der Waals surface area contributed by atoms with E-state index in [4.69, 9.17) is 14.2 Å². The van der Waals surface area contributed by atoms with Crippen molar-refractivity contribution in [3.8, 4) is 0 Å². The molecule has 0 aliphatic rings. The van der Waals surface area contributed by atoms with Crippen LogP contribution in [0.4, 0.5) is 0 Å². The summed E-state index contributed by atoms with van der Waals surface area (Å²) in [7, 11) is 0. The van der Waals surface area contributed by atoms with Gasteiger partial charge in [0.05, 0.1) is 0 Å². The molecule has 0 spiro atoms. The Morgan fingerprint density at radius 1 is 0.311 bits per heavy atom. The van der Waals surface area contributed by atoms with Crippen LogP contribution in [-0.4, -0.2) is 37.2 Å². The van der Waals surface area contributed by atoms with Crippen LogP contribution in [0.15, 0.2) is 36.5 Å². The molecule has 6 heteroatoms. The van der Waals surface area contributed by atoms with Crippen molar-refractivity contribution in [3.63, 3.8) is 0 Å². The Labute approximate surface area is 378 Å². The Hall–Kier alpha value is -2.37. The summed E-state index contributed by atoms with van der Waals surface area (Å²) in [6, 6.07) is 0. The van der Waals surface area contributed by atoms with Crippen molar-refractivity contribution in [2.75, 3.05) is 13.2 Å². The van der Waals surface area contributed by atoms with Gasteiger partial charge in [0, 0.05) is 19.3 Å². The standard InChI is InChI=1S/C55H100O6/c1-4-7-10-13-16-19-22-24-25-26-27-28-29-31-33-36-39-42-45-48-54(57)60-51-52(50-59-53(56)47-44-41-38-35-32-21-18-15-12-9-6-3)61-55(58)49-46-43-40-37-34-30-23-20-17-14-11-8-5-2/h15,18,20,23-25,52H,4-14,16-17,19,21-22,26-51H2,1-3H3/b18-15-,23-20-,25-24-. The second-order valence-corrected chi connectivity index (χ2v) is 17.8. The Bertz CT molecular complexity index is 1030. The van der Waals surface area contributed by atoms with Gasteiger partial charge in [-0.3, -0.25) is 14.4 Å². The maximum Gasteiger partial charge on any atom is 0.306 e. The fourth-order valence-corrected chi connectivity index (χ4v) is 7.53. The van der Waals surface area contributed by atoms with Crippen molar-refractivity contribution < 1.29 is 28.6 Å². The van der Waals surface area contributed by atoms with Crippen molar-refractivity contribution in [2.24, 2.45) is 0 Å². The van der Waals surface area contributed by atoms with Gasteiger partial charge in [0.25, 0.3) is 0 Å². The van der Waals surface area contributed by atoms with Gasteiger partial charge in [-0.05, 0) is 89.9 Å². The van der Waals surface area contributed by atoms with E-state index >= 15 is 0 Å². The van der Waals surface area contributed by atoms with Crippen molar-refractivity contribution in [1.29, 1.82) is 0 Å². The number of unbranched alkanes of at least 4 members (excludes halogenated alkanes) is 31. The summed E-state index contributed by atoms with van der Waals surface area (Å²) >= 11 is 0. The van der Waals surface area contributed by atoms with Gasteiger partial charge in [-0.15, -0.1) is 0 Å². The molecule has 0 aliphatic heterocycles. The zero-order valence-corrected chi connectivity index (χ0v) is 40.7. The lowest BCUT2D eigenvalue weighted by molar-refractivity contribution is -0.167. The maximum absolute atomic E-state index is 12.8. The Kier molecular flexibility index (Phi) is 48.3. The molecule has 1 unspecified atom stereocenters. The molecule has 0 aromatic carbocycles. The van der Waals surface area contributed by atoms with E-state index in [0.29, 0.717) is 19.3 Å². The summed E-state index contributed by atoms with van der Waals surface area (Å²) < 4.78 is 16.8. The molecular weight excluding hydrogens is 757 g/mol. The minimum absolute atomic E-state index is 0.0776. The summed E-state index contributed by atoms with van der Waals surface area (Å²) in [6.07, 6.45) is 58.4. The normalized spacial score (nSPS) is 12.2. The van der Waals surface area contributed by atoms with E-state index in [9.17, 15) is 14.4 Å². The van der Waals surface area contributed by atoms with E-state index in [1.54, 1.807) is 0 Å². The van der Waals surface area contributed by atoms with E-state index in [1.165, 1.54) is 161 Å². The largest absolute Gasteiger partial charge is 0.462 e. The first-order valence-corrected chi connectivity index (χ1v) is 26.5. The van der Waals surface area contributed by atoms with E-state index in [0.717, 1.165) is 77.0 Å². The second kappa shape index (κ2) is 50.3. The first-order chi connectivity index (χ1) is 30.0. The van der Waals surface area contributed by atoms with Crippen molar-refractivity contribution in [3.05, 3.63) is 36.5 Å². The summed E-state index contributed by atoms with van der Waals surface area (Å²) in [6.45, 7) is 6.58. The van der Waals surface area contributed by atoms with Crippen LogP contribution in [0.3, 0.4) is 0 Å². The molecule has 1 atom stereocenters. The van der Waals surface area contributed by atoms with Gasteiger partial charge >= 0.3 is 17.9 Å². The van der Waals surface area contributed by atoms with Gasteiger partial charge in [0.2, 0.25) is 0 Å². The molecule has 61 heavy (non-hydrogen) atoms. The highest BCUT2D eigenvalue weighted by Crippen LogP contribution is 2.15. The quantitative estimate of drug-likeness (QED) is 0.0262. The highest BCUT2D eigenvalue weighted by atomic mass is 16.6. The van der Waals surface area contributed by atoms with E-state index in [-0.39, 0.29) is 31.1 Å². The molecule has 0 aromatic rings. The molecule has 0 aliphatic carbocycles. The van der Waals surface area contributed by atoms with Crippen molar-refractivity contribution >= 4 is 17.9 Å². The van der Waals surface area contributed by atoms with Crippen LogP contribution in [0.5, 0.6) is 0 Å². The third kappa shape index (κ3) is 48.5. The summed E-state index contributed by atoms with van der Waals surface area (Å²) in [5.74, 6) is -0.890. The summed E-state index contributed by atoms with van der Waals surface area (Å²) in [5, 5.41) is 0. The smallest absolute Gasteiger partial charge is 0.306 e. The molecule has 0 heterocycles. The first kappa shape index (κ1) is 58.6. The number of esters is 3. The van der Waals surface area contributed by atoms with Gasteiger partial charge in [0.1, 0.15) is 13.2 Å². The van der Waals surface area contributed by atoms with Gasteiger partial charge in [0.15, 0.2) is 6.10 Å². The number of hydrogen-bond acceptors (Lipinski definition) is 6. The molecule has 0 saturated carbocycles. The summed E-state index contributed by atoms with van der Waals surface area (Å²) in [4.78, 5) is 37.9. The molecule has 0 saturated heterocycles. The number of rotatable bonds is 48. The Balaban J connectivity index is 4.31. The lowest BCUT2D eigenvalue weighted by atomic mass is 10.1. The third-order valence-corrected chi connectivity index (χ3v) is 11.6. The summed E-state index contributed by atoms with van der Waals surface area (Å²) in [5.41, 5.74) is 0. The molecule has 0 radical (unpaired) electrons. The highest BCUT2D eigenvalue weighted by Gasteiger charge is 2.19. The first-order valence-electron chi connectivity index (χ1n) is 26.5. The van der Waals surface area contributed by atoms with E-state index in [1.807, 2.05) is 0 Å². The predicted molar refractivity (Wildman–Crippen MR) is 261 cm³/mol. The Morgan fingerprint density at radius 3 is 0.885 bits per heavy atom. The lowest BCUT2D eigenvalue weighted by Crippen LogP contribution is -2.30. The Morgan fingerprint density at radius 2 is 0.557 bits per heavy atom. The average Bonchev–Trinajstić information content (AvgIpc) is 3.26. The maximum atomic E-state index is 12.8. The minimum atomic E-state index is -0.777. The van der Waals surface area contributed by atoms with E-state index in [2.05, 4.69) is 57.2 Å². The number of ether oxygens (including phenoxy) is 3. The fraction of sp³-hybridized carbons (Fsp3) is 0.836. The minimum Gasteiger partial charge on any atom is -0.462 e. The number of carbonyl (C=O) groups is 3. The molecule has 0 rings (SSSR count). The van der Waals surface area contributed by atoms with Crippen LogP contribution in [-0.2, 0) is 28.6 Å². The third-order valence-electron chi connectivity index (χ3n) is 11.6. The number of hydrogen-bond donors (Lipinski definition) is 0. The van der Waals surface area contributed by atoms with Crippen molar-refractivity contribution in [1.82, 2.24) is 0 Å². The van der Waals surface area contributed by atoms with Crippen LogP contribution in [0.1, 0.15) is 278 Å². The van der Waals surface area contributed by atoms with Gasteiger partial charge in [-0.2, -0.15) is 0 Å². The predicted octanol–water partition coefficient (Wildman–Crippen LogP) is 17.3. The molecule has 0 bridgehead atoms. The van der Waals surface area contributed by atoms with Crippen molar-refractivity contribution in [2.45, 2.75) is 284 Å². The van der Waals surface area contributed by atoms with E-state index < -0.39 is 6.10 Å². The monoisotopic (exact) mass is 857 g/mol. The van der Waals surface area contributed by atoms with Gasteiger partial charge < -0.3 is 14.2 Å². The van der Waals surface area contributed by atoms with Crippen LogP contribution in [0.25, 0.3) is 0 Å². The second-order valence-electron chi connectivity index (χ2n) is 17.8. The van der Waals surface area contributed by atoms with Gasteiger partial charge in [-0.25, -0.2) is 0 Å². The SMILES string of the molecule is CCCC/C=C\CCCCCCCC(=O)OCC(COC(=O)CCCCCCCCCCC/C=C\CCCCCCCC)OC(=O)CCCCCCC/C=C\CCCCCC. The molecule has 0 N–H and O–H groups in total. The topological polar surface area (TPSA) is 78.9 Å². The molecule has 0 aromatic heterocycles. The van der Waals surface area contributed by atoms with Crippen LogP contribution < -0.4 is 0 Å². The molecule has 0 fully saturated rings. The lowest BCUT2D eigenvalue weighted by Gasteiger charge is -2.18. The zero-order chi connectivity index (χ0) is 44.4. The molecule has 6 nitrogen and oxygen atoms in total. The molecule has 356 valence electrons. The molecule has 0 amide bonds. The molecular formula is C55H100O6. The highest BCUT2D eigenvalue weighted by molar-refractivity contribution is 5.71. The van der Waals surface area contributed by atoms with Crippen LogP contribution in [0.2, 0.25) is 0 Å².